The number of nitrogens with zero attached hydrogens (tertiary/aromatic N) is 1. The summed E-state index contributed by atoms with van der Waals surface area (Å²) in [6.45, 7) is 4.26. The Bertz CT molecular complexity index is 475. The van der Waals surface area contributed by atoms with Gasteiger partial charge in [0.2, 0.25) is 0 Å². The van der Waals surface area contributed by atoms with Crippen LogP contribution in [0.4, 0.5) is 0 Å². The van der Waals surface area contributed by atoms with Crippen molar-refractivity contribution < 1.29 is 14.6 Å². The Labute approximate surface area is 126 Å². The van der Waals surface area contributed by atoms with E-state index in [1.807, 2.05) is 18.2 Å². The highest BCUT2D eigenvalue weighted by molar-refractivity contribution is 5.66. The summed E-state index contributed by atoms with van der Waals surface area (Å²) in [5.41, 5.74) is 1.21. The van der Waals surface area contributed by atoms with Crippen LogP contribution in [0.3, 0.4) is 0 Å². The van der Waals surface area contributed by atoms with E-state index in [-0.39, 0.29) is 6.42 Å². The first-order valence-corrected chi connectivity index (χ1v) is 7.70. The molecule has 1 aliphatic rings. The SMILES string of the molecule is COc1ccccc1C(C)N1CCCC(CCC(=O)O)C1. The highest BCUT2D eigenvalue weighted by Gasteiger charge is 2.25. The van der Waals surface area contributed by atoms with E-state index in [1.165, 1.54) is 5.56 Å². The number of methoxy groups -OCH3 is 1. The molecule has 2 atom stereocenters. The number of carboxylic acid groups (broad SMARTS) is 1. The van der Waals surface area contributed by atoms with Crippen LogP contribution in [0.1, 0.15) is 44.2 Å². The first-order chi connectivity index (χ1) is 10.1. The molecule has 2 rings (SSSR count). The quantitative estimate of drug-likeness (QED) is 0.873. The van der Waals surface area contributed by atoms with Gasteiger partial charge in [0.1, 0.15) is 5.75 Å². The van der Waals surface area contributed by atoms with E-state index in [2.05, 4.69) is 17.9 Å². The molecule has 0 amide bonds. The van der Waals surface area contributed by atoms with Crippen LogP contribution in [-0.4, -0.2) is 36.2 Å². The van der Waals surface area contributed by atoms with Crippen molar-refractivity contribution in [1.82, 2.24) is 4.90 Å². The summed E-state index contributed by atoms with van der Waals surface area (Å²) >= 11 is 0. The van der Waals surface area contributed by atoms with E-state index >= 15 is 0 Å². The molecule has 1 heterocycles. The number of piperidine rings is 1. The molecule has 0 aromatic heterocycles. The second-order valence-electron chi connectivity index (χ2n) is 5.85. The van der Waals surface area contributed by atoms with Gasteiger partial charge in [-0.25, -0.2) is 0 Å². The standard InChI is InChI=1S/C17H25NO3/c1-13(15-7-3-4-8-16(15)21-2)18-11-5-6-14(12-18)9-10-17(19)20/h3-4,7-8,13-14H,5-6,9-12H2,1-2H3,(H,19,20). The minimum Gasteiger partial charge on any atom is -0.496 e. The number of likely N-dealkylation sites (tertiary alicyclic amines) is 1. The fourth-order valence-electron chi connectivity index (χ4n) is 3.22. The third kappa shape index (κ3) is 4.21. The van der Waals surface area contributed by atoms with Crippen molar-refractivity contribution in [3.63, 3.8) is 0 Å². The molecule has 116 valence electrons. The first-order valence-electron chi connectivity index (χ1n) is 7.70. The molecule has 0 saturated carbocycles. The number of aliphatic carboxylic acids is 1. The van der Waals surface area contributed by atoms with Gasteiger partial charge in [-0.2, -0.15) is 0 Å². The zero-order valence-corrected chi connectivity index (χ0v) is 12.9. The number of carbonyl (C=O) groups is 1. The highest BCUT2D eigenvalue weighted by atomic mass is 16.5. The maximum absolute atomic E-state index is 10.7. The predicted molar refractivity (Wildman–Crippen MR) is 82.6 cm³/mol. The molecule has 4 heteroatoms. The molecule has 2 unspecified atom stereocenters. The number of carboxylic acids is 1. The lowest BCUT2D eigenvalue weighted by atomic mass is 9.91. The zero-order valence-electron chi connectivity index (χ0n) is 12.9. The molecule has 21 heavy (non-hydrogen) atoms. The van der Waals surface area contributed by atoms with E-state index in [9.17, 15) is 4.79 Å². The van der Waals surface area contributed by atoms with E-state index in [4.69, 9.17) is 9.84 Å². The maximum atomic E-state index is 10.7. The third-order valence-corrected chi connectivity index (χ3v) is 4.45. The number of hydrogen-bond acceptors (Lipinski definition) is 3. The topological polar surface area (TPSA) is 49.8 Å². The Balaban J connectivity index is 2.01. The number of ether oxygens (including phenoxy) is 1. The molecule has 1 aromatic carbocycles. The van der Waals surface area contributed by atoms with Gasteiger partial charge >= 0.3 is 5.97 Å². The molecule has 0 radical (unpaired) electrons. The molecular formula is C17H25NO3. The van der Waals surface area contributed by atoms with Gasteiger partial charge in [0.25, 0.3) is 0 Å². The van der Waals surface area contributed by atoms with Crippen LogP contribution in [0, 0.1) is 5.92 Å². The molecule has 1 saturated heterocycles. The molecule has 4 nitrogen and oxygen atoms in total. The van der Waals surface area contributed by atoms with E-state index < -0.39 is 5.97 Å². The Morgan fingerprint density at radius 2 is 2.24 bits per heavy atom. The van der Waals surface area contributed by atoms with Crippen LogP contribution >= 0.6 is 0 Å². The van der Waals surface area contributed by atoms with Crippen molar-refractivity contribution in [2.75, 3.05) is 20.2 Å². The number of rotatable bonds is 6. The van der Waals surface area contributed by atoms with Gasteiger partial charge in [0.05, 0.1) is 7.11 Å². The summed E-state index contributed by atoms with van der Waals surface area (Å²) in [6, 6.07) is 8.44. The van der Waals surface area contributed by atoms with Crippen LogP contribution in [0.2, 0.25) is 0 Å². The van der Waals surface area contributed by atoms with Crippen molar-refractivity contribution in [2.24, 2.45) is 5.92 Å². The molecule has 1 aromatic rings. The van der Waals surface area contributed by atoms with Gasteiger partial charge in [-0.3, -0.25) is 9.69 Å². The van der Waals surface area contributed by atoms with E-state index in [0.717, 1.165) is 38.1 Å². The predicted octanol–water partition coefficient (Wildman–Crippen LogP) is 3.33. The van der Waals surface area contributed by atoms with Crippen LogP contribution < -0.4 is 4.74 Å². The highest BCUT2D eigenvalue weighted by Crippen LogP contribution is 2.32. The summed E-state index contributed by atoms with van der Waals surface area (Å²) in [4.78, 5) is 13.2. The zero-order chi connectivity index (χ0) is 15.2. The fourth-order valence-corrected chi connectivity index (χ4v) is 3.22. The molecule has 1 fully saturated rings. The summed E-state index contributed by atoms with van der Waals surface area (Å²) in [7, 11) is 1.71. The normalized spacial score (nSPS) is 21.0. The molecule has 1 N–H and O–H groups in total. The van der Waals surface area contributed by atoms with E-state index in [1.54, 1.807) is 7.11 Å². The average Bonchev–Trinajstić information content (AvgIpc) is 2.52. The lowest BCUT2D eigenvalue weighted by Gasteiger charge is -2.37. The van der Waals surface area contributed by atoms with Crippen molar-refractivity contribution in [3.8, 4) is 5.75 Å². The third-order valence-electron chi connectivity index (χ3n) is 4.45. The smallest absolute Gasteiger partial charge is 0.303 e. The maximum Gasteiger partial charge on any atom is 0.303 e. The van der Waals surface area contributed by atoms with Crippen molar-refractivity contribution in [2.45, 2.75) is 38.6 Å². The van der Waals surface area contributed by atoms with Gasteiger partial charge in [-0.05, 0) is 44.7 Å². The van der Waals surface area contributed by atoms with Crippen LogP contribution in [0.15, 0.2) is 24.3 Å². The molecule has 0 bridgehead atoms. The summed E-state index contributed by atoms with van der Waals surface area (Å²) in [5.74, 6) is 0.731. The van der Waals surface area contributed by atoms with Crippen LogP contribution in [0.5, 0.6) is 5.75 Å². The van der Waals surface area contributed by atoms with Crippen molar-refractivity contribution in [3.05, 3.63) is 29.8 Å². The van der Waals surface area contributed by atoms with Crippen LogP contribution in [-0.2, 0) is 4.79 Å². The van der Waals surface area contributed by atoms with Crippen molar-refractivity contribution in [1.29, 1.82) is 0 Å². The van der Waals surface area contributed by atoms with E-state index in [0.29, 0.717) is 12.0 Å². The van der Waals surface area contributed by atoms with Gasteiger partial charge in [0.15, 0.2) is 0 Å². The Morgan fingerprint density at radius 1 is 1.48 bits per heavy atom. The van der Waals surface area contributed by atoms with Gasteiger partial charge in [-0.15, -0.1) is 0 Å². The number of benzene rings is 1. The monoisotopic (exact) mass is 291 g/mol. The molecule has 1 aliphatic heterocycles. The van der Waals surface area contributed by atoms with Crippen LogP contribution in [0.25, 0.3) is 0 Å². The number of hydrogen-bond donors (Lipinski definition) is 1. The van der Waals surface area contributed by atoms with Gasteiger partial charge in [0, 0.05) is 24.6 Å². The number of para-hydroxylation sites is 1. The summed E-state index contributed by atoms with van der Waals surface area (Å²) < 4.78 is 5.46. The molecule has 0 spiro atoms. The molecule has 0 aliphatic carbocycles. The lowest BCUT2D eigenvalue weighted by Crippen LogP contribution is -2.37. The second kappa shape index (κ2) is 7.46. The Morgan fingerprint density at radius 3 is 2.95 bits per heavy atom. The molecular weight excluding hydrogens is 266 g/mol. The Hall–Kier alpha value is -1.55. The largest absolute Gasteiger partial charge is 0.496 e. The Kier molecular flexibility index (Phi) is 5.62. The van der Waals surface area contributed by atoms with Gasteiger partial charge < -0.3 is 9.84 Å². The summed E-state index contributed by atoms with van der Waals surface area (Å²) in [5, 5.41) is 8.84. The first kappa shape index (κ1) is 15.8. The fraction of sp³-hybridized carbons (Fsp3) is 0.588. The minimum atomic E-state index is -0.690. The van der Waals surface area contributed by atoms with Gasteiger partial charge in [-0.1, -0.05) is 18.2 Å². The lowest BCUT2D eigenvalue weighted by molar-refractivity contribution is -0.137. The minimum absolute atomic E-state index is 0.279. The second-order valence-corrected chi connectivity index (χ2v) is 5.85. The van der Waals surface area contributed by atoms with Crippen molar-refractivity contribution >= 4 is 5.97 Å². The summed E-state index contributed by atoms with van der Waals surface area (Å²) in [6.07, 6.45) is 3.35. The average molecular weight is 291 g/mol.